The largest absolute Gasteiger partial charge is 0.497 e. The van der Waals surface area contributed by atoms with E-state index in [1.807, 2.05) is 47.4 Å². The zero-order valence-corrected chi connectivity index (χ0v) is 18.0. The highest BCUT2D eigenvalue weighted by molar-refractivity contribution is 5.76. The summed E-state index contributed by atoms with van der Waals surface area (Å²) in [6, 6.07) is 13.5. The number of likely N-dealkylation sites (tertiary alicyclic amines) is 1. The van der Waals surface area contributed by atoms with Crippen molar-refractivity contribution in [2.45, 2.75) is 31.6 Å². The first-order chi connectivity index (χ1) is 15.7. The monoisotopic (exact) mass is 435 g/mol. The van der Waals surface area contributed by atoms with Crippen LogP contribution in [-0.4, -0.2) is 47.9 Å². The average Bonchev–Trinajstić information content (AvgIpc) is 3.52. The molecule has 32 heavy (non-hydrogen) atoms. The lowest BCUT2D eigenvalue weighted by atomic mass is 9.96. The molecule has 0 radical (unpaired) electrons. The minimum atomic E-state index is 0.160. The van der Waals surface area contributed by atoms with Crippen molar-refractivity contribution in [2.24, 2.45) is 0 Å². The second kappa shape index (κ2) is 8.90. The van der Waals surface area contributed by atoms with Crippen molar-refractivity contribution in [3.63, 3.8) is 0 Å². The Bertz CT molecular complexity index is 1100. The standard InChI is InChI=1S/C24H25N3O5/c1-29-19-4-2-3-16(13-19)5-8-22(28)27-11-9-17(10-12-27)24-25-23(26-32-24)18-6-7-20-21(14-18)31-15-30-20/h2-4,6-7,13-14,17H,5,8-12,15H2,1H3. The smallest absolute Gasteiger partial charge is 0.231 e. The molecule has 0 unspecified atom stereocenters. The molecule has 0 saturated carbocycles. The van der Waals surface area contributed by atoms with Crippen LogP contribution in [0.15, 0.2) is 47.0 Å². The quantitative estimate of drug-likeness (QED) is 0.582. The van der Waals surface area contributed by atoms with Crippen molar-refractivity contribution in [3.05, 3.63) is 53.9 Å². The number of benzene rings is 2. The Kier molecular flexibility index (Phi) is 5.66. The Labute approximate surface area is 186 Å². The molecular formula is C24H25N3O5. The fourth-order valence-corrected chi connectivity index (χ4v) is 4.17. The molecule has 1 amide bonds. The Hall–Kier alpha value is -3.55. The van der Waals surface area contributed by atoms with Crippen LogP contribution < -0.4 is 14.2 Å². The second-order valence-corrected chi connectivity index (χ2v) is 8.03. The van der Waals surface area contributed by atoms with Gasteiger partial charge in [-0.1, -0.05) is 17.3 Å². The lowest BCUT2D eigenvalue weighted by Crippen LogP contribution is -2.38. The maximum absolute atomic E-state index is 12.7. The van der Waals surface area contributed by atoms with Gasteiger partial charge in [0.05, 0.1) is 7.11 Å². The van der Waals surface area contributed by atoms with Crippen molar-refractivity contribution < 1.29 is 23.5 Å². The third-order valence-electron chi connectivity index (χ3n) is 6.03. The van der Waals surface area contributed by atoms with Crippen LogP contribution in [-0.2, 0) is 11.2 Å². The molecule has 166 valence electrons. The van der Waals surface area contributed by atoms with Crippen LogP contribution in [0, 0.1) is 0 Å². The first-order valence-electron chi connectivity index (χ1n) is 10.8. The number of ether oxygens (including phenoxy) is 3. The number of aryl methyl sites for hydroxylation is 1. The number of fused-ring (bicyclic) bond motifs is 1. The van der Waals surface area contributed by atoms with Gasteiger partial charge in [0.1, 0.15) is 5.75 Å². The molecule has 0 N–H and O–H groups in total. The van der Waals surface area contributed by atoms with E-state index in [2.05, 4.69) is 10.1 Å². The number of aromatic nitrogens is 2. The molecule has 0 bridgehead atoms. The number of rotatable bonds is 6. The van der Waals surface area contributed by atoms with E-state index in [4.69, 9.17) is 18.7 Å². The molecule has 2 aliphatic rings. The lowest BCUT2D eigenvalue weighted by Gasteiger charge is -2.30. The Balaban J connectivity index is 1.15. The van der Waals surface area contributed by atoms with E-state index >= 15 is 0 Å². The zero-order valence-electron chi connectivity index (χ0n) is 18.0. The summed E-state index contributed by atoms with van der Waals surface area (Å²) in [4.78, 5) is 19.2. The third-order valence-corrected chi connectivity index (χ3v) is 6.03. The second-order valence-electron chi connectivity index (χ2n) is 8.03. The molecule has 3 aromatic rings. The molecule has 8 heteroatoms. The SMILES string of the molecule is COc1cccc(CCC(=O)N2CCC(c3nc(-c4ccc5c(c4)OCO5)no3)CC2)c1. The minimum absolute atomic E-state index is 0.160. The summed E-state index contributed by atoms with van der Waals surface area (Å²) < 4.78 is 21.6. The van der Waals surface area contributed by atoms with Gasteiger partial charge in [-0.3, -0.25) is 4.79 Å². The van der Waals surface area contributed by atoms with Gasteiger partial charge < -0.3 is 23.6 Å². The molecular weight excluding hydrogens is 410 g/mol. The highest BCUT2D eigenvalue weighted by atomic mass is 16.7. The summed E-state index contributed by atoms with van der Waals surface area (Å²) in [6.45, 7) is 1.62. The van der Waals surface area contributed by atoms with Gasteiger partial charge in [0.15, 0.2) is 11.5 Å². The van der Waals surface area contributed by atoms with Gasteiger partial charge in [0.25, 0.3) is 0 Å². The average molecular weight is 435 g/mol. The normalized spacial score (nSPS) is 15.7. The summed E-state index contributed by atoms with van der Waals surface area (Å²) in [5, 5.41) is 4.15. The molecule has 8 nitrogen and oxygen atoms in total. The number of hydrogen-bond donors (Lipinski definition) is 0. The van der Waals surface area contributed by atoms with Crippen LogP contribution in [0.4, 0.5) is 0 Å². The number of carbonyl (C=O) groups excluding carboxylic acids is 1. The van der Waals surface area contributed by atoms with E-state index in [-0.39, 0.29) is 18.6 Å². The molecule has 2 aliphatic heterocycles. The topological polar surface area (TPSA) is 86.9 Å². The van der Waals surface area contributed by atoms with E-state index < -0.39 is 0 Å². The van der Waals surface area contributed by atoms with Crippen molar-refractivity contribution in [2.75, 3.05) is 27.0 Å². The maximum Gasteiger partial charge on any atom is 0.231 e. The van der Waals surface area contributed by atoms with E-state index in [1.165, 1.54) is 0 Å². The van der Waals surface area contributed by atoms with Gasteiger partial charge in [0, 0.05) is 31.0 Å². The van der Waals surface area contributed by atoms with Crippen molar-refractivity contribution >= 4 is 5.91 Å². The first-order valence-corrected chi connectivity index (χ1v) is 10.8. The minimum Gasteiger partial charge on any atom is -0.497 e. The van der Waals surface area contributed by atoms with Gasteiger partial charge in [-0.25, -0.2) is 0 Å². The molecule has 1 saturated heterocycles. The van der Waals surface area contributed by atoms with Gasteiger partial charge >= 0.3 is 0 Å². The van der Waals surface area contributed by atoms with Gasteiger partial charge in [0.2, 0.25) is 24.4 Å². The highest BCUT2D eigenvalue weighted by Gasteiger charge is 2.28. The predicted octanol–water partition coefficient (Wildman–Crippen LogP) is 3.81. The lowest BCUT2D eigenvalue weighted by molar-refractivity contribution is -0.132. The van der Waals surface area contributed by atoms with Crippen molar-refractivity contribution in [1.82, 2.24) is 15.0 Å². The molecule has 0 aliphatic carbocycles. The maximum atomic E-state index is 12.7. The van der Waals surface area contributed by atoms with Gasteiger partial charge in [-0.15, -0.1) is 0 Å². The molecule has 3 heterocycles. The fourth-order valence-electron chi connectivity index (χ4n) is 4.17. The number of methoxy groups -OCH3 is 1. The first kappa shape index (κ1) is 20.4. The number of nitrogens with zero attached hydrogens (tertiary/aromatic N) is 3. The van der Waals surface area contributed by atoms with Crippen molar-refractivity contribution in [1.29, 1.82) is 0 Å². The summed E-state index contributed by atoms with van der Waals surface area (Å²) in [7, 11) is 1.65. The number of amides is 1. The summed E-state index contributed by atoms with van der Waals surface area (Å²) >= 11 is 0. The number of piperidine rings is 1. The Morgan fingerprint density at radius 2 is 1.97 bits per heavy atom. The van der Waals surface area contributed by atoms with Crippen LogP contribution in [0.25, 0.3) is 11.4 Å². The van der Waals surface area contributed by atoms with E-state index in [1.54, 1.807) is 7.11 Å². The fraction of sp³-hybridized carbons (Fsp3) is 0.375. The van der Waals surface area contributed by atoms with Crippen LogP contribution >= 0.6 is 0 Å². The van der Waals surface area contributed by atoms with Crippen LogP contribution in [0.5, 0.6) is 17.2 Å². The Morgan fingerprint density at radius 1 is 1.12 bits per heavy atom. The highest BCUT2D eigenvalue weighted by Crippen LogP contribution is 2.36. The number of carbonyl (C=O) groups is 1. The van der Waals surface area contributed by atoms with E-state index in [9.17, 15) is 4.79 Å². The zero-order chi connectivity index (χ0) is 21.9. The molecule has 5 rings (SSSR count). The summed E-state index contributed by atoms with van der Waals surface area (Å²) in [5.74, 6) is 3.73. The molecule has 2 aromatic carbocycles. The van der Waals surface area contributed by atoms with Gasteiger partial charge in [-0.05, 0) is 55.2 Å². The third kappa shape index (κ3) is 4.26. The number of hydrogen-bond acceptors (Lipinski definition) is 7. The molecule has 1 fully saturated rings. The van der Waals surface area contributed by atoms with Crippen LogP contribution in [0.1, 0.15) is 36.6 Å². The van der Waals surface area contributed by atoms with Crippen LogP contribution in [0.3, 0.4) is 0 Å². The summed E-state index contributed by atoms with van der Waals surface area (Å²) in [5.41, 5.74) is 1.93. The summed E-state index contributed by atoms with van der Waals surface area (Å²) in [6.07, 6.45) is 2.83. The van der Waals surface area contributed by atoms with Crippen LogP contribution in [0.2, 0.25) is 0 Å². The van der Waals surface area contributed by atoms with E-state index in [0.717, 1.165) is 35.5 Å². The Morgan fingerprint density at radius 3 is 2.81 bits per heavy atom. The van der Waals surface area contributed by atoms with Gasteiger partial charge in [-0.2, -0.15) is 4.98 Å². The molecule has 0 atom stereocenters. The predicted molar refractivity (Wildman–Crippen MR) is 116 cm³/mol. The molecule has 1 aromatic heterocycles. The van der Waals surface area contributed by atoms with E-state index in [0.29, 0.717) is 43.4 Å². The van der Waals surface area contributed by atoms with Crippen molar-refractivity contribution in [3.8, 4) is 28.6 Å². The molecule has 0 spiro atoms.